The van der Waals surface area contributed by atoms with Crippen LogP contribution in [0.3, 0.4) is 0 Å². The average molecular weight is 424 g/mol. The molecule has 0 spiro atoms. The Morgan fingerprint density at radius 1 is 0.966 bits per heavy atom. The summed E-state index contributed by atoms with van der Waals surface area (Å²) in [5, 5.41) is 2.83. The first-order valence-corrected chi connectivity index (χ1v) is 11.0. The molecule has 0 bridgehead atoms. The lowest BCUT2D eigenvalue weighted by Crippen LogP contribution is -2.12. The van der Waals surface area contributed by atoms with Crippen LogP contribution in [0.2, 0.25) is 0 Å². The number of thiazole rings is 1. The summed E-state index contributed by atoms with van der Waals surface area (Å²) in [6.45, 7) is 0. The normalized spacial score (nSPS) is 11.2. The quantitative estimate of drug-likeness (QED) is 0.487. The van der Waals surface area contributed by atoms with Gasteiger partial charge in [0.15, 0.2) is 0 Å². The minimum atomic E-state index is -3.71. The van der Waals surface area contributed by atoms with Crippen molar-refractivity contribution in [3.8, 4) is 27.6 Å². The Morgan fingerprint density at radius 2 is 1.72 bits per heavy atom. The number of nitrogens with zero attached hydrogens (tertiary/aromatic N) is 2. The summed E-state index contributed by atoms with van der Waals surface area (Å²) in [6.07, 6.45) is 3.45. The number of anilines is 1. The van der Waals surface area contributed by atoms with Crippen molar-refractivity contribution in [1.82, 2.24) is 9.97 Å². The fourth-order valence-corrected chi connectivity index (χ4v) is 4.63. The van der Waals surface area contributed by atoms with E-state index in [0.717, 1.165) is 21.8 Å². The monoisotopic (exact) mass is 423 g/mol. The van der Waals surface area contributed by atoms with Gasteiger partial charge in [-0.1, -0.05) is 12.1 Å². The van der Waals surface area contributed by atoms with Crippen molar-refractivity contribution < 1.29 is 13.2 Å². The molecule has 2 heterocycles. The molecule has 0 saturated carbocycles. The van der Waals surface area contributed by atoms with Gasteiger partial charge in [-0.2, -0.15) is 0 Å². The molecule has 0 amide bonds. The second-order valence-electron chi connectivity index (χ2n) is 6.14. The molecule has 29 heavy (non-hydrogen) atoms. The molecule has 0 aliphatic heterocycles. The van der Waals surface area contributed by atoms with Crippen molar-refractivity contribution in [3.63, 3.8) is 0 Å². The van der Waals surface area contributed by atoms with Crippen LogP contribution in [0, 0.1) is 0 Å². The highest BCUT2D eigenvalue weighted by molar-refractivity contribution is 7.92. The summed E-state index contributed by atoms with van der Waals surface area (Å²) in [7, 11) is -2.17. The van der Waals surface area contributed by atoms with Gasteiger partial charge in [0.2, 0.25) is 0 Å². The molecule has 4 rings (SSSR count). The van der Waals surface area contributed by atoms with Crippen LogP contribution in [0.5, 0.6) is 5.75 Å². The van der Waals surface area contributed by atoms with Gasteiger partial charge in [-0.15, -0.1) is 11.3 Å². The standard InChI is InChI=1S/C21H17N3O3S2/c1-27-18-5-7-19(8-6-18)29(25,26)24-17-4-2-3-16(13-17)20-14-28-21(23-20)15-9-11-22-12-10-15/h2-14,24H,1H3. The minimum Gasteiger partial charge on any atom is -0.497 e. The molecule has 0 aliphatic carbocycles. The summed E-state index contributed by atoms with van der Waals surface area (Å²) in [5.74, 6) is 0.597. The van der Waals surface area contributed by atoms with E-state index in [1.54, 1.807) is 42.7 Å². The zero-order valence-electron chi connectivity index (χ0n) is 15.4. The van der Waals surface area contributed by atoms with E-state index < -0.39 is 10.0 Å². The highest BCUT2D eigenvalue weighted by Gasteiger charge is 2.15. The molecule has 0 aliphatic rings. The van der Waals surface area contributed by atoms with E-state index in [1.807, 2.05) is 23.6 Å². The maximum Gasteiger partial charge on any atom is 0.261 e. The van der Waals surface area contributed by atoms with Crippen LogP contribution < -0.4 is 9.46 Å². The number of rotatable bonds is 6. The van der Waals surface area contributed by atoms with Crippen LogP contribution in [0.1, 0.15) is 0 Å². The van der Waals surface area contributed by atoms with Gasteiger partial charge in [-0.05, 0) is 48.5 Å². The van der Waals surface area contributed by atoms with E-state index in [-0.39, 0.29) is 4.90 Å². The van der Waals surface area contributed by atoms with Crippen molar-refractivity contribution in [2.45, 2.75) is 4.90 Å². The highest BCUT2D eigenvalue weighted by Crippen LogP contribution is 2.30. The van der Waals surface area contributed by atoms with E-state index in [4.69, 9.17) is 4.74 Å². The van der Waals surface area contributed by atoms with Crippen LogP contribution in [0.25, 0.3) is 21.8 Å². The summed E-state index contributed by atoms with van der Waals surface area (Å²) >= 11 is 1.53. The summed E-state index contributed by atoms with van der Waals surface area (Å²) < 4.78 is 33.0. The third-order valence-electron chi connectivity index (χ3n) is 4.21. The van der Waals surface area contributed by atoms with Gasteiger partial charge < -0.3 is 4.74 Å². The van der Waals surface area contributed by atoms with Crippen LogP contribution in [-0.4, -0.2) is 25.5 Å². The Bertz CT molecular complexity index is 1220. The van der Waals surface area contributed by atoms with Gasteiger partial charge >= 0.3 is 0 Å². The number of nitrogens with one attached hydrogen (secondary N) is 1. The van der Waals surface area contributed by atoms with E-state index in [9.17, 15) is 8.42 Å². The fourth-order valence-electron chi connectivity index (χ4n) is 2.74. The molecule has 4 aromatic rings. The summed E-state index contributed by atoms with van der Waals surface area (Å²) in [4.78, 5) is 8.85. The molecular formula is C21H17N3O3S2. The largest absolute Gasteiger partial charge is 0.497 e. The predicted molar refractivity (Wildman–Crippen MR) is 115 cm³/mol. The zero-order chi connectivity index (χ0) is 20.3. The maximum absolute atomic E-state index is 12.7. The van der Waals surface area contributed by atoms with Gasteiger partial charge in [0, 0.05) is 34.6 Å². The molecule has 0 saturated heterocycles. The Morgan fingerprint density at radius 3 is 2.45 bits per heavy atom. The molecule has 2 aromatic carbocycles. The number of ether oxygens (including phenoxy) is 1. The van der Waals surface area contributed by atoms with Crippen LogP contribution in [0.4, 0.5) is 5.69 Å². The third kappa shape index (κ3) is 4.28. The van der Waals surface area contributed by atoms with E-state index >= 15 is 0 Å². The van der Waals surface area contributed by atoms with Crippen LogP contribution in [-0.2, 0) is 10.0 Å². The SMILES string of the molecule is COc1ccc(S(=O)(=O)Nc2cccc(-c3csc(-c4ccncc4)n3)c2)cc1. The maximum atomic E-state index is 12.7. The number of hydrogen-bond acceptors (Lipinski definition) is 6. The molecule has 146 valence electrons. The van der Waals surface area contributed by atoms with Crippen molar-refractivity contribution in [1.29, 1.82) is 0 Å². The molecule has 0 radical (unpaired) electrons. The minimum absolute atomic E-state index is 0.164. The summed E-state index contributed by atoms with van der Waals surface area (Å²) in [5.41, 5.74) is 3.08. The average Bonchev–Trinajstić information content (AvgIpc) is 3.25. The van der Waals surface area contributed by atoms with Crippen molar-refractivity contribution in [2.75, 3.05) is 11.8 Å². The molecular weight excluding hydrogens is 406 g/mol. The number of methoxy groups -OCH3 is 1. The predicted octanol–water partition coefficient (Wildman–Crippen LogP) is 4.68. The second kappa shape index (κ2) is 8.02. The van der Waals surface area contributed by atoms with Crippen molar-refractivity contribution >= 4 is 27.0 Å². The van der Waals surface area contributed by atoms with E-state index in [1.165, 1.54) is 30.6 Å². The Labute approximate surface area is 172 Å². The Hall–Kier alpha value is -3.23. The zero-order valence-corrected chi connectivity index (χ0v) is 17.1. The number of benzene rings is 2. The number of aromatic nitrogens is 2. The first-order chi connectivity index (χ1) is 14.0. The van der Waals surface area contributed by atoms with Crippen LogP contribution in [0.15, 0.2) is 83.3 Å². The lowest BCUT2D eigenvalue weighted by atomic mass is 10.1. The number of sulfonamides is 1. The number of hydrogen-bond donors (Lipinski definition) is 1. The van der Waals surface area contributed by atoms with Gasteiger partial charge in [-0.25, -0.2) is 13.4 Å². The van der Waals surface area contributed by atoms with Crippen molar-refractivity contribution in [2.24, 2.45) is 0 Å². The molecule has 0 atom stereocenters. The second-order valence-corrected chi connectivity index (χ2v) is 8.68. The lowest BCUT2D eigenvalue weighted by Gasteiger charge is -2.09. The Balaban J connectivity index is 1.58. The van der Waals surface area contributed by atoms with Gasteiger partial charge in [-0.3, -0.25) is 9.71 Å². The smallest absolute Gasteiger partial charge is 0.261 e. The molecule has 2 aromatic heterocycles. The van der Waals surface area contributed by atoms with E-state index in [2.05, 4.69) is 14.7 Å². The molecule has 0 fully saturated rings. The van der Waals surface area contributed by atoms with Gasteiger partial charge in [0.05, 0.1) is 17.7 Å². The lowest BCUT2D eigenvalue weighted by molar-refractivity contribution is 0.414. The van der Waals surface area contributed by atoms with Gasteiger partial charge in [0.25, 0.3) is 10.0 Å². The molecule has 6 nitrogen and oxygen atoms in total. The first kappa shape index (κ1) is 19.1. The highest BCUT2D eigenvalue weighted by atomic mass is 32.2. The molecule has 8 heteroatoms. The third-order valence-corrected chi connectivity index (χ3v) is 6.50. The first-order valence-electron chi connectivity index (χ1n) is 8.68. The van der Waals surface area contributed by atoms with Crippen LogP contribution >= 0.6 is 11.3 Å². The Kier molecular flexibility index (Phi) is 5.28. The fraction of sp³-hybridized carbons (Fsp3) is 0.0476. The number of pyridine rings is 1. The van der Waals surface area contributed by atoms with E-state index in [0.29, 0.717) is 11.4 Å². The topological polar surface area (TPSA) is 81.2 Å². The molecule has 1 N–H and O–H groups in total. The van der Waals surface area contributed by atoms with Gasteiger partial charge in [0.1, 0.15) is 10.8 Å². The molecule has 0 unspecified atom stereocenters. The summed E-state index contributed by atoms with van der Waals surface area (Å²) in [6, 6.07) is 17.2. The van der Waals surface area contributed by atoms with Crippen molar-refractivity contribution in [3.05, 3.63) is 78.4 Å².